The van der Waals surface area contributed by atoms with E-state index in [4.69, 9.17) is 4.74 Å². The molecule has 2 aromatic rings. The highest BCUT2D eigenvalue weighted by Crippen LogP contribution is 2.15. The molecule has 0 radical (unpaired) electrons. The molecule has 0 saturated carbocycles. The minimum absolute atomic E-state index is 0.0858. The summed E-state index contributed by atoms with van der Waals surface area (Å²) < 4.78 is 5.33. The van der Waals surface area contributed by atoms with Gasteiger partial charge in [-0.15, -0.1) is 0 Å². The second kappa shape index (κ2) is 7.05. The van der Waals surface area contributed by atoms with Gasteiger partial charge in [0, 0.05) is 11.1 Å². The molecule has 0 unspecified atom stereocenters. The molecule has 0 spiro atoms. The van der Waals surface area contributed by atoms with Crippen LogP contribution in [-0.4, -0.2) is 17.3 Å². The van der Waals surface area contributed by atoms with Crippen molar-refractivity contribution in [2.24, 2.45) is 4.99 Å². The Morgan fingerprint density at radius 3 is 1.74 bits per heavy atom. The van der Waals surface area contributed by atoms with Crippen LogP contribution in [0.5, 0.6) is 0 Å². The van der Waals surface area contributed by atoms with Crippen molar-refractivity contribution < 1.29 is 9.53 Å². The molecule has 118 valence electrons. The monoisotopic (exact) mass is 307 g/mol. The molecule has 0 aromatic heterocycles. The summed E-state index contributed by atoms with van der Waals surface area (Å²) in [6.07, 6.45) is 0. The Kier molecular flexibility index (Phi) is 5.12. The summed E-state index contributed by atoms with van der Waals surface area (Å²) in [6.45, 7) is 9.22. The molecule has 0 bridgehead atoms. The maximum absolute atomic E-state index is 12.1. The highest BCUT2D eigenvalue weighted by Gasteiger charge is 2.19. The van der Waals surface area contributed by atoms with E-state index >= 15 is 0 Å². The van der Waals surface area contributed by atoms with Crippen LogP contribution in [0.25, 0.3) is 0 Å². The van der Waals surface area contributed by atoms with Crippen molar-refractivity contribution in [2.45, 2.75) is 26.4 Å². The lowest BCUT2D eigenvalue weighted by atomic mass is 10.0. The molecule has 0 atom stereocenters. The summed E-state index contributed by atoms with van der Waals surface area (Å²) in [5.41, 5.74) is 2.05. The van der Waals surface area contributed by atoms with Crippen LogP contribution < -0.4 is 0 Å². The van der Waals surface area contributed by atoms with Gasteiger partial charge in [-0.25, -0.2) is 9.79 Å². The molecule has 0 heterocycles. The average molecular weight is 307 g/mol. The SMILES string of the molecule is C=C(N=C(c1ccccc1)c1ccccc1)C(=O)OC(C)(C)C. The van der Waals surface area contributed by atoms with Gasteiger partial charge < -0.3 is 4.74 Å². The number of ether oxygens (including phenoxy) is 1. The van der Waals surface area contributed by atoms with Crippen molar-refractivity contribution in [2.75, 3.05) is 0 Å². The zero-order valence-corrected chi connectivity index (χ0v) is 13.7. The number of esters is 1. The lowest BCUT2D eigenvalue weighted by Gasteiger charge is -2.19. The molecule has 2 aromatic carbocycles. The average Bonchev–Trinajstić information content (AvgIpc) is 2.52. The Morgan fingerprint density at radius 1 is 0.913 bits per heavy atom. The number of carbonyl (C=O) groups excluding carboxylic acids is 1. The summed E-state index contributed by atoms with van der Waals surface area (Å²) in [4.78, 5) is 16.6. The first kappa shape index (κ1) is 16.7. The third-order valence-corrected chi connectivity index (χ3v) is 2.98. The molecular weight excluding hydrogens is 286 g/mol. The molecule has 0 N–H and O–H groups in total. The van der Waals surface area contributed by atoms with E-state index < -0.39 is 11.6 Å². The highest BCUT2D eigenvalue weighted by molar-refractivity contribution is 6.14. The van der Waals surface area contributed by atoms with Crippen molar-refractivity contribution >= 4 is 11.7 Å². The predicted octanol–water partition coefficient (Wildman–Crippen LogP) is 4.38. The zero-order valence-electron chi connectivity index (χ0n) is 13.7. The number of aliphatic imine (C=N–C) groups is 1. The topological polar surface area (TPSA) is 38.7 Å². The lowest BCUT2D eigenvalue weighted by molar-refractivity contribution is -0.149. The second-order valence-electron chi connectivity index (χ2n) is 6.14. The quantitative estimate of drug-likeness (QED) is 0.477. The van der Waals surface area contributed by atoms with Gasteiger partial charge in [-0.1, -0.05) is 67.2 Å². The highest BCUT2D eigenvalue weighted by atomic mass is 16.6. The van der Waals surface area contributed by atoms with Crippen LogP contribution >= 0.6 is 0 Å². The maximum atomic E-state index is 12.1. The largest absolute Gasteiger partial charge is 0.455 e. The predicted molar refractivity (Wildman–Crippen MR) is 93.5 cm³/mol. The number of hydrogen-bond donors (Lipinski definition) is 0. The smallest absolute Gasteiger partial charge is 0.356 e. The van der Waals surface area contributed by atoms with Gasteiger partial charge in [0.2, 0.25) is 0 Å². The van der Waals surface area contributed by atoms with Crippen molar-refractivity contribution in [3.8, 4) is 0 Å². The standard InChI is InChI=1S/C20H21NO2/c1-15(19(22)23-20(2,3)4)21-18(16-11-7-5-8-12-16)17-13-9-6-10-14-17/h5-14H,1H2,2-4H3. The van der Waals surface area contributed by atoms with Crippen LogP contribution in [0.15, 0.2) is 77.9 Å². The minimum Gasteiger partial charge on any atom is -0.455 e. The van der Waals surface area contributed by atoms with Crippen LogP contribution in [-0.2, 0) is 9.53 Å². The van der Waals surface area contributed by atoms with Gasteiger partial charge in [0.05, 0.1) is 5.71 Å². The van der Waals surface area contributed by atoms with Crippen LogP contribution in [0, 0.1) is 0 Å². The maximum Gasteiger partial charge on any atom is 0.356 e. The summed E-state index contributed by atoms with van der Waals surface area (Å²) >= 11 is 0. The summed E-state index contributed by atoms with van der Waals surface area (Å²) in [7, 11) is 0. The van der Waals surface area contributed by atoms with E-state index in [2.05, 4.69) is 11.6 Å². The van der Waals surface area contributed by atoms with E-state index in [0.29, 0.717) is 5.71 Å². The summed E-state index contributed by atoms with van der Waals surface area (Å²) in [5.74, 6) is -0.512. The molecular formula is C20H21NO2. The van der Waals surface area contributed by atoms with Crippen LogP contribution in [0.1, 0.15) is 31.9 Å². The molecule has 0 amide bonds. The van der Waals surface area contributed by atoms with E-state index in [-0.39, 0.29) is 5.70 Å². The Hall–Kier alpha value is -2.68. The first-order valence-electron chi connectivity index (χ1n) is 7.48. The molecule has 0 saturated heterocycles. The molecule has 3 nitrogen and oxygen atoms in total. The number of nitrogens with zero attached hydrogens (tertiary/aromatic N) is 1. The van der Waals surface area contributed by atoms with E-state index in [0.717, 1.165) is 11.1 Å². The molecule has 0 aliphatic heterocycles. The molecule has 3 heteroatoms. The minimum atomic E-state index is -0.574. The molecule has 0 aliphatic rings. The molecule has 0 aliphatic carbocycles. The van der Waals surface area contributed by atoms with E-state index in [1.54, 1.807) is 0 Å². The summed E-state index contributed by atoms with van der Waals surface area (Å²) in [6, 6.07) is 19.4. The van der Waals surface area contributed by atoms with Crippen LogP contribution in [0.2, 0.25) is 0 Å². The number of rotatable bonds is 4. The number of hydrogen-bond acceptors (Lipinski definition) is 3. The summed E-state index contributed by atoms with van der Waals surface area (Å²) in [5, 5.41) is 0. The first-order chi connectivity index (χ1) is 10.9. The van der Waals surface area contributed by atoms with Gasteiger partial charge in [0.25, 0.3) is 0 Å². The van der Waals surface area contributed by atoms with Crippen molar-refractivity contribution in [3.05, 3.63) is 84.1 Å². The Balaban J connectivity index is 2.38. The third-order valence-electron chi connectivity index (χ3n) is 2.98. The van der Waals surface area contributed by atoms with Crippen molar-refractivity contribution in [1.82, 2.24) is 0 Å². The zero-order chi connectivity index (χ0) is 16.9. The number of benzene rings is 2. The second-order valence-corrected chi connectivity index (χ2v) is 6.14. The Labute approximate surface area is 137 Å². The van der Waals surface area contributed by atoms with Gasteiger partial charge in [0.1, 0.15) is 11.3 Å². The first-order valence-corrected chi connectivity index (χ1v) is 7.48. The fourth-order valence-electron chi connectivity index (χ4n) is 2.01. The van der Waals surface area contributed by atoms with Gasteiger partial charge >= 0.3 is 5.97 Å². The van der Waals surface area contributed by atoms with E-state index in [1.165, 1.54) is 0 Å². The third kappa shape index (κ3) is 4.92. The molecule has 23 heavy (non-hydrogen) atoms. The van der Waals surface area contributed by atoms with Gasteiger partial charge in [-0.2, -0.15) is 0 Å². The van der Waals surface area contributed by atoms with Crippen molar-refractivity contribution in [1.29, 1.82) is 0 Å². The van der Waals surface area contributed by atoms with Gasteiger partial charge in [-0.3, -0.25) is 0 Å². The van der Waals surface area contributed by atoms with E-state index in [9.17, 15) is 4.79 Å². The fourth-order valence-corrected chi connectivity index (χ4v) is 2.01. The Morgan fingerprint density at radius 2 is 1.35 bits per heavy atom. The van der Waals surface area contributed by atoms with Crippen LogP contribution in [0.4, 0.5) is 0 Å². The molecule has 2 rings (SSSR count). The Bertz CT molecular complexity index is 669. The van der Waals surface area contributed by atoms with Gasteiger partial charge in [-0.05, 0) is 20.8 Å². The van der Waals surface area contributed by atoms with Crippen LogP contribution in [0.3, 0.4) is 0 Å². The van der Waals surface area contributed by atoms with E-state index in [1.807, 2.05) is 81.4 Å². The van der Waals surface area contributed by atoms with Crippen molar-refractivity contribution in [3.63, 3.8) is 0 Å². The van der Waals surface area contributed by atoms with Gasteiger partial charge in [0.15, 0.2) is 0 Å². The number of carbonyl (C=O) groups is 1. The lowest BCUT2D eigenvalue weighted by Crippen LogP contribution is -2.24. The molecule has 0 fully saturated rings. The fraction of sp³-hybridized carbons (Fsp3) is 0.200. The normalized spacial score (nSPS) is 10.7.